The van der Waals surface area contributed by atoms with E-state index in [0.29, 0.717) is 32.4 Å². The number of carbonyl (C=O) groups is 1. The van der Waals surface area contributed by atoms with Crippen molar-refractivity contribution in [3.05, 3.63) is 98.1 Å². The Balaban J connectivity index is 1.40. The number of nitrogens with one attached hydrogen (secondary N) is 1. The second-order valence-corrected chi connectivity index (χ2v) is 10.7. The molecule has 3 heterocycles. The smallest absolute Gasteiger partial charge is 0.283 e. The highest BCUT2D eigenvalue weighted by atomic mass is 35.5. The van der Waals surface area contributed by atoms with Crippen molar-refractivity contribution < 1.29 is 4.79 Å². The van der Waals surface area contributed by atoms with E-state index >= 15 is 0 Å². The van der Waals surface area contributed by atoms with E-state index in [1.54, 1.807) is 41.7 Å². The van der Waals surface area contributed by atoms with Gasteiger partial charge in [0.15, 0.2) is 0 Å². The molecular weight excluding hydrogens is 506 g/mol. The highest BCUT2D eigenvalue weighted by molar-refractivity contribution is 7.18. The lowest BCUT2D eigenvalue weighted by Gasteiger charge is -2.28. The van der Waals surface area contributed by atoms with Crippen LogP contribution in [0.3, 0.4) is 0 Å². The van der Waals surface area contributed by atoms with E-state index in [0.717, 1.165) is 42.0 Å². The molecule has 0 unspecified atom stereocenters. The molecular formula is C28H20ClN5O2S. The minimum atomic E-state index is -0.324. The SMILES string of the molecule is O=C(C1=NN(c2ccc(Cl)cc2)c2nc3sc4c(c3c(=O)n2N1)CCCC4)c1ccc2ccccc2c1. The third kappa shape index (κ3) is 3.63. The van der Waals surface area contributed by atoms with Gasteiger partial charge in [-0.1, -0.05) is 48.0 Å². The molecule has 7 nitrogen and oxygen atoms in total. The first-order valence-corrected chi connectivity index (χ1v) is 13.3. The third-order valence-electron chi connectivity index (χ3n) is 6.88. The molecule has 0 bridgehead atoms. The van der Waals surface area contributed by atoms with Gasteiger partial charge < -0.3 is 0 Å². The van der Waals surface area contributed by atoms with Crippen LogP contribution in [0.1, 0.15) is 33.6 Å². The summed E-state index contributed by atoms with van der Waals surface area (Å²) in [5.74, 6) is 0.00766. The van der Waals surface area contributed by atoms with Gasteiger partial charge in [-0.25, -0.2) is 0 Å². The number of thiophene rings is 1. The summed E-state index contributed by atoms with van der Waals surface area (Å²) in [6, 6.07) is 20.4. The van der Waals surface area contributed by atoms with Gasteiger partial charge in [-0.15, -0.1) is 16.4 Å². The van der Waals surface area contributed by atoms with Gasteiger partial charge in [0.25, 0.3) is 11.5 Å². The van der Waals surface area contributed by atoms with Gasteiger partial charge in [0.1, 0.15) is 4.83 Å². The maximum atomic E-state index is 13.9. The second-order valence-electron chi connectivity index (χ2n) is 9.18. The van der Waals surface area contributed by atoms with Crippen LogP contribution in [0.2, 0.25) is 5.02 Å². The number of hydrogen-bond acceptors (Lipinski definition) is 7. The second kappa shape index (κ2) is 8.54. The van der Waals surface area contributed by atoms with E-state index in [1.165, 1.54) is 14.6 Å². The maximum absolute atomic E-state index is 13.9. The zero-order valence-corrected chi connectivity index (χ0v) is 21.1. The number of amidine groups is 1. The zero-order valence-electron chi connectivity index (χ0n) is 19.6. The standard InChI is InChI=1S/C28H20ClN5O2S/c29-19-11-13-20(14-12-19)33-28-30-26-23(21-7-3-4-8-22(21)37-26)27(36)34(28)32-25(31-33)24(35)18-10-9-16-5-1-2-6-17(16)15-18/h1-2,5-6,9-15H,3-4,7-8H2,(H,31,32). The Morgan fingerprint density at radius 1 is 0.973 bits per heavy atom. The number of ketones is 1. The van der Waals surface area contributed by atoms with Crippen LogP contribution < -0.4 is 16.0 Å². The molecule has 3 aromatic carbocycles. The lowest BCUT2D eigenvalue weighted by atomic mass is 9.97. The summed E-state index contributed by atoms with van der Waals surface area (Å²) in [7, 11) is 0. The first-order chi connectivity index (χ1) is 18.1. The average Bonchev–Trinajstić information content (AvgIpc) is 3.31. The summed E-state index contributed by atoms with van der Waals surface area (Å²) < 4.78 is 1.35. The first-order valence-electron chi connectivity index (χ1n) is 12.1. The lowest BCUT2D eigenvalue weighted by molar-refractivity contribution is 0.106. The Hall–Kier alpha value is -4.01. The number of Topliss-reactive ketones (excluding diaryl/α,β-unsaturated/α-hetero) is 1. The highest BCUT2D eigenvalue weighted by Gasteiger charge is 2.30. The Morgan fingerprint density at radius 3 is 2.59 bits per heavy atom. The van der Waals surface area contributed by atoms with Crippen LogP contribution in [0.4, 0.5) is 11.6 Å². The fourth-order valence-electron chi connectivity index (χ4n) is 5.03. The topological polar surface area (TPSA) is 79.6 Å². The molecule has 1 aliphatic heterocycles. The summed E-state index contributed by atoms with van der Waals surface area (Å²) in [5.41, 5.74) is 4.96. The van der Waals surface area contributed by atoms with E-state index in [2.05, 4.69) is 10.5 Å². The molecule has 0 atom stereocenters. The van der Waals surface area contributed by atoms with Crippen LogP contribution in [0.25, 0.3) is 21.0 Å². The number of carbonyl (C=O) groups excluding carboxylic acids is 1. The van der Waals surface area contributed by atoms with Crippen molar-refractivity contribution in [1.82, 2.24) is 9.66 Å². The van der Waals surface area contributed by atoms with Crippen molar-refractivity contribution in [2.45, 2.75) is 25.7 Å². The zero-order chi connectivity index (χ0) is 25.1. The number of anilines is 2. The molecule has 7 rings (SSSR count). The average molecular weight is 526 g/mol. The number of aromatic nitrogens is 2. The minimum absolute atomic E-state index is 0.0325. The quantitative estimate of drug-likeness (QED) is 0.291. The largest absolute Gasteiger partial charge is 0.285 e. The fourth-order valence-corrected chi connectivity index (χ4v) is 6.40. The third-order valence-corrected chi connectivity index (χ3v) is 8.31. The van der Waals surface area contributed by atoms with Crippen LogP contribution in [0.5, 0.6) is 0 Å². The van der Waals surface area contributed by atoms with Gasteiger partial charge in [-0.05, 0) is 72.4 Å². The first kappa shape index (κ1) is 22.2. The number of rotatable bonds is 3. The predicted molar refractivity (Wildman–Crippen MR) is 149 cm³/mol. The molecule has 37 heavy (non-hydrogen) atoms. The maximum Gasteiger partial charge on any atom is 0.283 e. The molecule has 0 fully saturated rings. The fraction of sp³-hybridized carbons (Fsp3) is 0.143. The van der Waals surface area contributed by atoms with E-state index in [4.69, 9.17) is 16.6 Å². The van der Waals surface area contributed by atoms with Gasteiger partial charge >= 0.3 is 0 Å². The molecule has 1 aliphatic carbocycles. The van der Waals surface area contributed by atoms with Crippen LogP contribution in [-0.4, -0.2) is 21.3 Å². The number of benzene rings is 3. The number of hydrazone groups is 1. The normalized spacial score (nSPS) is 14.7. The van der Waals surface area contributed by atoms with E-state index in [-0.39, 0.29) is 17.2 Å². The van der Waals surface area contributed by atoms with Gasteiger partial charge in [-0.2, -0.15) is 14.7 Å². The van der Waals surface area contributed by atoms with Crippen molar-refractivity contribution in [2.24, 2.45) is 5.10 Å². The molecule has 0 radical (unpaired) electrons. The van der Waals surface area contributed by atoms with Crippen molar-refractivity contribution in [3.63, 3.8) is 0 Å². The molecule has 1 N–H and O–H groups in total. The number of fused-ring (bicyclic) bond motifs is 5. The number of aryl methyl sites for hydroxylation is 2. The van der Waals surface area contributed by atoms with E-state index in [9.17, 15) is 9.59 Å². The summed E-state index contributed by atoms with van der Waals surface area (Å²) in [4.78, 5) is 34.3. The summed E-state index contributed by atoms with van der Waals surface area (Å²) in [5, 5.41) is 9.36. The van der Waals surface area contributed by atoms with Gasteiger partial charge in [0.05, 0.1) is 11.1 Å². The summed E-state index contributed by atoms with van der Waals surface area (Å²) in [6.07, 6.45) is 3.99. The number of halogens is 1. The highest BCUT2D eigenvalue weighted by Crippen LogP contribution is 2.36. The van der Waals surface area contributed by atoms with Crippen molar-refractivity contribution in [2.75, 3.05) is 10.4 Å². The van der Waals surface area contributed by atoms with Gasteiger partial charge in [0.2, 0.25) is 11.6 Å². The van der Waals surface area contributed by atoms with Crippen LogP contribution in [0.15, 0.2) is 76.6 Å². The van der Waals surface area contributed by atoms with Crippen molar-refractivity contribution >= 4 is 67.2 Å². The molecule has 0 amide bonds. The molecule has 9 heteroatoms. The predicted octanol–water partition coefficient (Wildman–Crippen LogP) is 6.04. The molecule has 5 aromatic rings. The van der Waals surface area contributed by atoms with Crippen LogP contribution in [0, 0.1) is 0 Å². The van der Waals surface area contributed by atoms with Crippen molar-refractivity contribution in [3.8, 4) is 0 Å². The monoisotopic (exact) mass is 525 g/mol. The number of hydrogen-bond donors (Lipinski definition) is 1. The lowest BCUT2D eigenvalue weighted by Crippen LogP contribution is -2.44. The van der Waals surface area contributed by atoms with Crippen molar-refractivity contribution in [1.29, 1.82) is 0 Å². The molecule has 2 aliphatic rings. The molecule has 182 valence electrons. The summed E-state index contributed by atoms with van der Waals surface area (Å²) >= 11 is 7.71. The van der Waals surface area contributed by atoms with Crippen LogP contribution in [-0.2, 0) is 12.8 Å². The van der Waals surface area contributed by atoms with E-state index in [1.807, 2.05) is 36.4 Å². The summed E-state index contributed by atoms with van der Waals surface area (Å²) in [6.45, 7) is 0. The number of nitrogens with zero attached hydrogens (tertiary/aromatic N) is 4. The van der Waals surface area contributed by atoms with Gasteiger partial charge in [0, 0.05) is 15.5 Å². The van der Waals surface area contributed by atoms with E-state index < -0.39 is 0 Å². The van der Waals surface area contributed by atoms with Crippen LogP contribution >= 0.6 is 22.9 Å². The Morgan fingerprint density at radius 2 is 1.76 bits per heavy atom. The molecule has 0 saturated carbocycles. The molecule has 0 spiro atoms. The Bertz CT molecular complexity index is 1820. The molecule has 0 saturated heterocycles. The Kier molecular flexibility index (Phi) is 5.12. The molecule has 2 aromatic heterocycles. The van der Waals surface area contributed by atoms with Gasteiger partial charge in [-0.3, -0.25) is 15.0 Å². The minimum Gasteiger partial charge on any atom is -0.285 e. The Labute approximate surface area is 220 Å².